The molecular weight excluding hydrogens is 316 g/mol. The quantitative estimate of drug-likeness (QED) is 0.831. The SMILES string of the molecule is Cc1cnc(N2CC[C@@H]3[C@@H](CO[C@H]3CN(C)Cc3ccco3)C2)nc1. The van der Waals surface area contributed by atoms with Gasteiger partial charge in [0, 0.05) is 37.9 Å². The fourth-order valence-corrected chi connectivity index (χ4v) is 4.05. The number of furan rings is 1. The van der Waals surface area contributed by atoms with Crippen molar-refractivity contribution < 1.29 is 9.15 Å². The molecule has 0 amide bonds. The molecule has 4 rings (SSSR count). The first kappa shape index (κ1) is 16.5. The number of ether oxygens (including phenoxy) is 1. The highest BCUT2D eigenvalue weighted by atomic mass is 16.5. The van der Waals surface area contributed by atoms with E-state index in [0.29, 0.717) is 17.9 Å². The van der Waals surface area contributed by atoms with Gasteiger partial charge in [0.15, 0.2) is 0 Å². The second-order valence-corrected chi connectivity index (χ2v) is 7.37. The lowest BCUT2D eigenvalue weighted by molar-refractivity contribution is 0.0570. The van der Waals surface area contributed by atoms with Gasteiger partial charge in [-0.15, -0.1) is 0 Å². The smallest absolute Gasteiger partial charge is 0.225 e. The molecule has 0 bridgehead atoms. The van der Waals surface area contributed by atoms with Gasteiger partial charge in [-0.2, -0.15) is 0 Å². The molecule has 2 aliphatic rings. The number of hydrogen-bond donors (Lipinski definition) is 0. The number of aryl methyl sites for hydroxylation is 1. The van der Waals surface area contributed by atoms with E-state index < -0.39 is 0 Å². The molecule has 0 aliphatic carbocycles. The fourth-order valence-electron chi connectivity index (χ4n) is 4.05. The number of fused-ring (bicyclic) bond motifs is 1. The van der Waals surface area contributed by atoms with Gasteiger partial charge in [-0.25, -0.2) is 9.97 Å². The molecule has 3 atom stereocenters. The summed E-state index contributed by atoms with van der Waals surface area (Å²) >= 11 is 0. The van der Waals surface area contributed by atoms with Gasteiger partial charge in [-0.3, -0.25) is 4.90 Å². The zero-order valence-electron chi connectivity index (χ0n) is 15.0. The average molecular weight is 342 g/mol. The van der Waals surface area contributed by atoms with Gasteiger partial charge in [-0.05, 0) is 44.0 Å². The van der Waals surface area contributed by atoms with E-state index in [2.05, 4.69) is 26.8 Å². The van der Waals surface area contributed by atoms with Crippen LogP contribution in [-0.4, -0.2) is 54.3 Å². The minimum Gasteiger partial charge on any atom is -0.468 e. The Morgan fingerprint density at radius 2 is 2.16 bits per heavy atom. The van der Waals surface area contributed by atoms with E-state index in [1.807, 2.05) is 31.5 Å². The molecule has 6 heteroatoms. The molecule has 0 spiro atoms. The van der Waals surface area contributed by atoms with Crippen molar-refractivity contribution in [2.24, 2.45) is 11.8 Å². The van der Waals surface area contributed by atoms with Crippen molar-refractivity contribution in [1.29, 1.82) is 0 Å². The third-order valence-electron chi connectivity index (χ3n) is 5.34. The van der Waals surface area contributed by atoms with Crippen molar-refractivity contribution in [2.75, 3.05) is 38.2 Å². The van der Waals surface area contributed by atoms with E-state index in [0.717, 1.165) is 56.5 Å². The summed E-state index contributed by atoms with van der Waals surface area (Å²) in [6.45, 7) is 6.63. The highest BCUT2D eigenvalue weighted by Crippen LogP contribution is 2.35. The van der Waals surface area contributed by atoms with E-state index in [1.165, 1.54) is 0 Å². The molecule has 0 N–H and O–H groups in total. The number of nitrogens with zero attached hydrogens (tertiary/aromatic N) is 4. The Morgan fingerprint density at radius 1 is 1.32 bits per heavy atom. The predicted octanol–water partition coefficient (Wildman–Crippen LogP) is 2.35. The van der Waals surface area contributed by atoms with Crippen molar-refractivity contribution >= 4 is 5.95 Å². The van der Waals surface area contributed by atoms with Gasteiger partial charge in [0.05, 0.1) is 25.5 Å². The molecular formula is C19H26N4O2. The van der Waals surface area contributed by atoms with Gasteiger partial charge >= 0.3 is 0 Å². The Morgan fingerprint density at radius 3 is 2.92 bits per heavy atom. The first-order valence-corrected chi connectivity index (χ1v) is 9.05. The van der Waals surface area contributed by atoms with Gasteiger partial charge in [0.25, 0.3) is 0 Å². The summed E-state index contributed by atoms with van der Waals surface area (Å²) in [5.74, 6) is 3.05. The summed E-state index contributed by atoms with van der Waals surface area (Å²) in [6.07, 6.45) is 6.97. The summed E-state index contributed by atoms with van der Waals surface area (Å²) in [6, 6.07) is 3.96. The van der Waals surface area contributed by atoms with Crippen LogP contribution in [0.25, 0.3) is 0 Å². The Bertz CT molecular complexity index is 673. The van der Waals surface area contributed by atoms with E-state index in [-0.39, 0.29) is 0 Å². The molecule has 0 saturated carbocycles. The molecule has 25 heavy (non-hydrogen) atoms. The molecule has 2 fully saturated rings. The van der Waals surface area contributed by atoms with E-state index in [1.54, 1.807) is 6.26 Å². The number of likely N-dealkylation sites (N-methyl/N-ethyl adjacent to an activating group) is 1. The molecule has 2 aromatic rings. The van der Waals surface area contributed by atoms with Crippen LogP contribution in [0.4, 0.5) is 5.95 Å². The predicted molar refractivity (Wildman–Crippen MR) is 95.4 cm³/mol. The van der Waals surface area contributed by atoms with Crippen LogP contribution in [0.3, 0.4) is 0 Å². The molecule has 2 aliphatic heterocycles. The van der Waals surface area contributed by atoms with Crippen LogP contribution < -0.4 is 4.90 Å². The molecule has 134 valence electrons. The van der Waals surface area contributed by atoms with Gasteiger partial charge in [0.2, 0.25) is 5.95 Å². The summed E-state index contributed by atoms with van der Waals surface area (Å²) < 4.78 is 11.6. The number of anilines is 1. The Labute approximate surface area is 148 Å². The summed E-state index contributed by atoms with van der Waals surface area (Å²) in [5.41, 5.74) is 1.10. The minimum atomic E-state index is 0.311. The lowest BCUT2D eigenvalue weighted by atomic mass is 9.84. The van der Waals surface area contributed by atoms with Crippen LogP contribution in [0.2, 0.25) is 0 Å². The molecule has 0 unspecified atom stereocenters. The first-order chi connectivity index (χ1) is 12.2. The van der Waals surface area contributed by atoms with Crippen molar-refractivity contribution in [3.8, 4) is 0 Å². The molecule has 4 heterocycles. The zero-order chi connectivity index (χ0) is 17.2. The molecule has 6 nitrogen and oxygen atoms in total. The van der Waals surface area contributed by atoms with Crippen LogP contribution in [0.15, 0.2) is 35.2 Å². The first-order valence-electron chi connectivity index (χ1n) is 9.05. The van der Waals surface area contributed by atoms with Crippen LogP contribution in [0, 0.1) is 18.8 Å². The van der Waals surface area contributed by atoms with Crippen molar-refractivity contribution in [2.45, 2.75) is 26.0 Å². The maximum absolute atomic E-state index is 6.15. The van der Waals surface area contributed by atoms with Gasteiger partial charge in [0.1, 0.15) is 5.76 Å². The van der Waals surface area contributed by atoms with Crippen molar-refractivity contribution in [3.63, 3.8) is 0 Å². The molecule has 2 saturated heterocycles. The number of rotatable bonds is 5. The normalized spacial score (nSPS) is 26.2. The summed E-state index contributed by atoms with van der Waals surface area (Å²) in [7, 11) is 2.13. The standard InChI is InChI=1S/C19H26N4O2/c1-14-8-20-19(21-9-14)23-6-5-17-15(10-23)13-25-18(17)12-22(2)11-16-4-3-7-24-16/h3-4,7-9,15,17-18H,5-6,10-13H2,1-2H3/t15-,17-,18+/m1/s1. The second kappa shape index (κ2) is 7.14. The van der Waals surface area contributed by atoms with E-state index >= 15 is 0 Å². The second-order valence-electron chi connectivity index (χ2n) is 7.37. The molecule has 2 aromatic heterocycles. The number of hydrogen-bond acceptors (Lipinski definition) is 6. The largest absolute Gasteiger partial charge is 0.468 e. The minimum absolute atomic E-state index is 0.311. The summed E-state index contributed by atoms with van der Waals surface area (Å²) in [5, 5.41) is 0. The van der Waals surface area contributed by atoms with Crippen molar-refractivity contribution in [1.82, 2.24) is 14.9 Å². The summed E-state index contributed by atoms with van der Waals surface area (Å²) in [4.78, 5) is 13.6. The Hall–Kier alpha value is -1.92. The fraction of sp³-hybridized carbons (Fsp3) is 0.579. The van der Waals surface area contributed by atoms with E-state index in [9.17, 15) is 0 Å². The average Bonchev–Trinajstić information content (AvgIpc) is 3.25. The van der Waals surface area contributed by atoms with E-state index in [4.69, 9.17) is 9.15 Å². The highest BCUT2D eigenvalue weighted by molar-refractivity contribution is 5.31. The number of aromatic nitrogens is 2. The lowest BCUT2D eigenvalue weighted by Crippen LogP contribution is -2.44. The van der Waals surface area contributed by atoms with Crippen LogP contribution in [0.5, 0.6) is 0 Å². The zero-order valence-corrected chi connectivity index (χ0v) is 15.0. The molecule has 0 aromatic carbocycles. The molecule has 0 radical (unpaired) electrons. The third kappa shape index (κ3) is 3.70. The van der Waals surface area contributed by atoms with Gasteiger partial charge in [-0.1, -0.05) is 0 Å². The number of piperidine rings is 1. The van der Waals surface area contributed by atoms with Crippen LogP contribution in [0.1, 0.15) is 17.7 Å². The van der Waals surface area contributed by atoms with Crippen LogP contribution >= 0.6 is 0 Å². The Kier molecular flexibility index (Phi) is 4.72. The highest BCUT2D eigenvalue weighted by Gasteiger charge is 2.41. The van der Waals surface area contributed by atoms with Crippen LogP contribution in [-0.2, 0) is 11.3 Å². The van der Waals surface area contributed by atoms with Gasteiger partial charge < -0.3 is 14.1 Å². The topological polar surface area (TPSA) is 54.6 Å². The lowest BCUT2D eigenvalue weighted by Gasteiger charge is -2.36. The maximum Gasteiger partial charge on any atom is 0.225 e. The maximum atomic E-state index is 6.15. The third-order valence-corrected chi connectivity index (χ3v) is 5.34. The van der Waals surface area contributed by atoms with Crippen molar-refractivity contribution in [3.05, 3.63) is 42.1 Å². The monoisotopic (exact) mass is 342 g/mol. The Balaban J connectivity index is 1.33.